The zero-order valence-corrected chi connectivity index (χ0v) is 12.2. The maximum atomic E-state index is 12.3. The SMILES string of the molecule is CC(C)C(NC(=O)c1ccco1)C(=O)Nc1ccn(C)n1. The second-order valence-corrected chi connectivity index (χ2v) is 5.04. The molecule has 1 atom stereocenters. The Morgan fingerprint density at radius 3 is 2.62 bits per heavy atom. The van der Waals surface area contributed by atoms with E-state index in [9.17, 15) is 9.59 Å². The molecule has 2 aromatic heterocycles. The van der Waals surface area contributed by atoms with Gasteiger partial charge in [-0.3, -0.25) is 14.3 Å². The lowest BCUT2D eigenvalue weighted by Crippen LogP contribution is -2.47. The molecule has 0 aliphatic heterocycles. The van der Waals surface area contributed by atoms with Crippen molar-refractivity contribution in [1.82, 2.24) is 15.1 Å². The van der Waals surface area contributed by atoms with Gasteiger partial charge in [0.15, 0.2) is 11.6 Å². The van der Waals surface area contributed by atoms with E-state index in [-0.39, 0.29) is 17.6 Å². The number of carbonyl (C=O) groups is 2. The van der Waals surface area contributed by atoms with Crippen molar-refractivity contribution in [2.24, 2.45) is 13.0 Å². The van der Waals surface area contributed by atoms with E-state index in [2.05, 4.69) is 15.7 Å². The van der Waals surface area contributed by atoms with Gasteiger partial charge in [0, 0.05) is 19.3 Å². The van der Waals surface area contributed by atoms with Crippen LogP contribution in [0.1, 0.15) is 24.4 Å². The zero-order chi connectivity index (χ0) is 15.4. The summed E-state index contributed by atoms with van der Waals surface area (Å²) >= 11 is 0. The Bertz CT molecular complexity index is 616. The molecular formula is C14H18N4O3. The molecule has 0 radical (unpaired) electrons. The summed E-state index contributed by atoms with van der Waals surface area (Å²) in [5.74, 6) is -0.196. The normalized spacial score (nSPS) is 12.2. The van der Waals surface area contributed by atoms with Gasteiger partial charge in [-0.1, -0.05) is 13.8 Å². The Hall–Kier alpha value is -2.57. The van der Waals surface area contributed by atoms with Crippen molar-refractivity contribution >= 4 is 17.6 Å². The van der Waals surface area contributed by atoms with Gasteiger partial charge in [0.2, 0.25) is 5.91 Å². The molecule has 112 valence electrons. The number of aromatic nitrogens is 2. The van der Waals surface area contributed by atoms with Crippen LogP contribution in [0.4, 0.5) is 5.82 Å². The molecule has 0 saturated carbocycles. The molecule has 7 nitrogen and oxygen atoms in total. The molecule has 0 aromatic carbocycles. The highest BCUT2D eigenvalue weighted by molar-refractivity contribution is 5.99. The minimum absolute atomic E-state index is 0.0763. The lowest BCUT2D eigenvalue weighted by molar-refractivity contribution is -0.118. The third-order valence-electron chi connectivity index (χ3n) is 2.95. The van der Waals surface area contributed by atoms with Crippen LogP contribution < -0.4 is 10.6 Å². The average Bonchev–Trinajstić information content (AvgIpc) is 3.06. The summed E-state index contributed by atoms with van der Waals surface area (Å²) in [5.41, 5.74) is 0. The first-order valence-corrected chi connectivity index (χ1v) is 6.62. The first-order valence-electron chi connectivity index (χ1n) is 6.62. The van der Waals surface area contributed by atoms with E-state index in [1.54, 1.807) is 36.1 Å². The maximum Gasteiger partial charge on any atom is 0.287 e. The highest BCUT2D eigenvalue weighted by atomic mass is 16.3. The second kappa shape index (κ2) is 6.25. The number of anilines is 1. The van der Waals surface area contributed by atoms with Crippen molar-refractivity contribution in [1.29, 1.82) is 0 Å². The Morgan fingerprint density at radius 1 is 1.33 bits per heavy atom. The standard InChI is InChI=1S/C14H18N4O3/c1-9(2)12(16-13(19)10-5-4-8-21-10)14(20)15-11-6-7-18(3)17-11/h4-9,12H,1-3H3,(H,16,19)(H,15,17,20). The summed E-state index contributed by atoms with van der Waals surface area (Å²) in [6.07, 6.45) is 3.13. The van der Waals surface area contributed by atoms with Crippen LogP contribution in [0.5, 0.6) is 0 Å². The number of amides is 2. The van der Waals surface area contributed by atoms with E-state index in [1.165, 1.54) is 6.26 Å². The Labute approximate surface area is 122 Å². The van der Waals surface area contributed by atoms with Gasteiger partial charge in [-0.15, -0.1) is 0 Å². The molecule has 0 aliphatic carbocycles. The van der Waals surface area contributed by atoms with Crippen LogP contribution in [0.3, 0.4) is 0 Å². The van der Waals surface area contributed by atoms with Gasteiger partial charge in [0.05, 0.1) is 6.26 Å². The fourth-order valence-electron chi connectivity index (χ4n) is 1.84. The lowest BCUT2D eigenvalue weighted by atomic mass is 10.0. The molecule has 0 aliphatic rings. The third kappa shape index (κ3) is 3.71. The molecule has 7 heteroatoms. The van der Waals surface area contributed by atoms with Crippen molar-refractivity contribution < 1.29 is 14.0 Å². The van der Waals surface area contributed by atoms with Crippen molar-refractivity contribution in [2.45, 2.75) is 19.9 Å². The predicted octanol–water partition coefficient (Wildman–Crippen LogP) is 1.41. The van der Waals surface area contributed by atoms with Crippen LogP contribution >= 0.6 is 0 Å². The molecule has 2 N–H and O–H groups in total. The van der Waals surface area contributed by atoms with Gasteiger partial charge < -0.3 is 15.1 Å². The van der Waals surface area contributed by atoms with E-state index < -0.39 is 11.9 Å². The largest absolute Gasteiger partial charge is 0.459 e. The van der Waals surface area contributed by atoms with E-state index in [0.717, 1.165) is 0 Å². The smallest absolute Gasteiger partial charge is 0.287 e. The summed E-state index contributed by atoms with van der Waals surface area (Å²) in [6, 6.07) is 4.17. The summed E-state index contributed by atoms with van der Waals surface area (Å²) in [7, 11) is 1.76. The molecule has 2 amide bonds. The van der Waals surface area contributed by atoms with Gasteiger partial charge in [-0.25, -0.2) is 0 Å². The van der Waals surface area contributed by atoms with E-state index in [4.69, 9.17) is 4.42 Å². The number of nitrogens with zero attached hydrogens (tertiary/aromatic N) is 2. The molecule has 0 spiro atoms. The summed E-state index contributed by atoms with van der Waals surface area (Å²) in [6.45, 7) is 3.70. The number of nitrogens with one attached hydrogen (secondary N) is 2. The molecule has 0 saturated heterocycles. The molecule has 2 heterocycles. The average molecular weight is 290 g/mol. The van der Waals surface area contributed by atoms with Gasteiger partial charge >= 0.3 is 0 Å². The Kier molecular flexibility index (Phi) is 4.42. The van der Waals surface area contributed by atoms with E-state index >= 15 is 0 Å². The van der Waals surface area contributed by atoms with Crippen LogP contribution in [0.25, 0.3) is 0 Å². The number of aryl methyl sites for hydroxylation is 1. The van der Waals surface area contributed by atoms with Crippen molar-refractivity contribution in [2.75, 3.05) is 5.32 Å². The van der Waals surface area contributed by atoms with Crippen LogP contribution in [-0.4, -0.2) is 27.6 Å². The van der Waals surface area contributed by atoms with Crippen LogP contribution in [0.2, 0.25) is 0 Å². The first-order chi connectivity index (χ1) is 9.97. The topological polar surface area (TPSA) is 89.2 Å². The first kappa shape index (κ1) is 14.8. The minimum Gasteiger partial charge on any atom is -0.459 e. The number of rotatable bonds is 5. The van der Waals surface area contributed by atoms with E-state index in [0.29, 0.717) is 5.82 Å². The highest BCUT2D eigenvalue weighted by Crippen LogP contribution is 2.09. The Balaban J connectivity index is 2.04. The predicted molar refractivity (Wildman–Crippen MR) is 76.6 cm³/mol. The van der Waals surface area contributed by atoms with Crippen molar-refractivity contribution in [3.8, 4) is 0 Å². The number of hydrogen-bond donors (Lipinski definition) is 2. The number of furan rings is 1. The number of carbonyl (C=O) groups excluding carboxylic acids is 2. The van der Waals surface area contributed by atoms with Gasteiger partial charge in [0.1, 0.15) is 6.04 Å². The monoisotopic (exact) mass is 290 g/mol. The van der Waals surface area contributed by atoms with Gasteiger partial charge in [0.25, 0.3) is 5.91 Å². The summed E-state index contributed by atoms with van der Waals surface area (Å²) in [5, 5.41) is 9.42. The maximum absolute atomic E-state index is 12.3. The summed E-state index contributed by atoms with van der Waals surface area (Å²) in [4.78, 5) is 24.2. The number of hydrogen-bond acceptors (Lipinski definition) is 4. The fraction of sp³-hybridized carbons (Fsp3) is 0.357. The highest BCUT2D eigenvalue weighted by Gasteiger charge is 2.26. The molecular weight excluding hydrogens is 272 g/mol. The lowest BCUT2D eigenvalue weighted by Gasteiger charge is -2.20. The molecule has 0 fully saturated rings. The quantitative estimate of drug-likeness (QED) is 0.871. The van der Waals surface area contributed by atoms with Crippen molar-refractivity contribution in [3.05, 3.63) is 36.4 Å². The van der Waals surface area contributed by atoms with Gasteiger partial charge in [-0.2, -0.15) is 5.10 Å². The fourth-order valence-corrected chi connectivity index (χ4v) is 1.84. The van der Waals surface area contributed by atoms with Crippen LogP contribution in [0, 0.1) is 5.92 Å². The second-order valence-electron chi connectivity index (χ2n) is 5.04. The van der Waals surface area contributed by atoms with Crippen LogP contribution in [0.15, 0.2) is 35.1 Å². The van der Waals surface area contributed by atoms with E-state index in [1.807, 2.05) is 13.8 Å². The molecule has 1 unspecified atom stereocenters. The van der Waals surface area contributed by atoms with Crippen molar-refractivity contribution in [3.63, 3.8) is 0 Å². The molecule has 0 bridgehead atoms. The molecule has 21 heavy (non-hydrogen) atoms. The third-order valence-corrected chi connectivity index (χ3v) is 2.95. The zero-order valence-electron chi connectivity index (χ0n) is 12.2. The van der Waals surface area contributed by atoms with Crippen LogP contribution in [-0.2, 0) is 11.8 Å². The minimum atomic E-state index is -0.676. The molecule has 2 rings (SSSR count). The Morgan fingerprint density at radius 2 is 2.10 bits per heavy atom. The molecule has 2 aromatic rings. The summed E-state index contributed by atoms with van der Waals surface area (Å²) < 4.78 is 6.60. The van der Waals surface area contributed by atoms with Gasteiger partial charge in [-0.05, 0) is 18.1 Å².